The highest BCUT2D eigenvalue weighted by Crippen LogP contribution is 2.21. The Morgan fingerprint density at radius 2 is 1.53 bits per heavy atom. The zero-order chi connectivity index (χ0) is 12.6. The highest BCUT2D eigenvalue weighted by atomic mass is 28.4. The summed E-state index contributed by atoms with van der Waals surface area (Å²) in [6.45, 7) is 7.81. The predicted octanol–water partition coefficient (Wildman–Crippen LogP) is 3.69. The van der Waals surface area contributed by atoms with E-state index in [4.69, 9.17) is 8.85 Å². The van der Waals surface area contributed by atoms with Gasteiger partial charge in [-0.2, -0.15) is 0 Å². The Morgan fingerprint density at radius 1 is 0.941 bits per heavy atom. The van der Waals surface area contributed by atoms with E-state index in [-0.39, 0.29) is 0 Å². The maximum absolute atomic E-state index is 6.03. The molecular formula is C14H24O2Si. The molecule has 1 aromatic rings. The molecule has 0 fully saturated rings. The molecule has 0 aromatic heterocycles. The van der Waals surface area contributed by atoms with Crippen molar-refractivity contribution >= 4 is 8.56 Å². The molecule has 0 radical (unpaired) electrons. The van der Waals surface area contributed by atoms with Gasteiger partial charge in [0.2, 0.25) is 0 Å². The van der Waals surface area contributed by atoms with E-state index in [1.54, 1.807) is 0 Å². The molecule has 0 bridgehead atoms. The standard InChI is InChI=1S/C14H24O2Si/c1-4-12-17(15-5-2,16-6-3)13-14-10-8-7-9-11-14/h7-11H,4-6,12-13H2,1-3H3. The van der Waals surface area contributed by atoms with Gasteiger partial charge >= 0.3 is 8.56 Å². The predicted molar refractivity (Wildman–Crippen MR) is 74.3 cm³/mol. The summed E-state index contributed by atoms with van der Waals surface area (Å²) in [5, 5.41) is 0. The van der Waals surface area contributed by atoms with Gasteiger partial charge < -0.3 is 8.85 Å². The molecule has 0 N–H and O–H groups in total. The third-order valence-electron chi connectivity index (χ3n) is 2.76. The quantitative estimate of drug-likeness (QED) is 0.657. The van der Waals surface area contributed by atoms with Crippen molar-refractivity contribution < 1.29 is 8.85 Å². The summed E-state index contributed by atoms with van der Waals surface area (Å²) in [4.78, 5) is 0. The molecule has 0 heterocycles. The minimum Gasteiger partial charge on any atom is -0.394 e. The van der Waals surface area contributed by atoms with E-state index in [1.165, 1.54) is 5.56 Å². The molecule has 1 rings (SSSR count). The Balaban J connectivity index is 2.80. The lowest BCUT2D eigenvalue weighted by atomic mass is 10.2. The molecule has 0 aliphatic carbocycles. The van der Waals surface area contributed by atoms with Crippen molar-refractivity contribution in [3.8, 4) is 0 Å². The van der Waals surface area contributed by atoms with E-state index >= 15 is 0 Å². The van der Waals surface area contributed by atoms with Crippen LogP contribution in [0.4, 0.5) is 0 Å². The van der Waals surface area contributed by atoms with Gasteiger partial charge in [-0.1, -0.05) is 43.7 Å². The summed E-state index contributed by atoms with van der Waals surface area (Å²) >= 11 is 0. The summed E-state index contributed by atoms with van der Waals surface area (Å²) < 4.78 is 12.1. The first-order valence-corrected chi connectivity index (χ1v) is 8.81. The maximum Gasteiger partial charge on any atom is 0.342 e. The van der Waals surface area contributed by atoms with E-state index in [2.05, 4.69) is 45.0 Å². The fraction of sp³-hybridized carbons (Fsp3) is 0.571. The van der Waals surface area contributed by atoms with Gasteiger partial charge in [0.05, 0.1) is 0 Å². The normalized spacial score (nSPS) is 11.7. The molecule has 0 amide bonds. The first-order chi connectivity index (χ1) is 8.26. The van der Waals surface area contributed by atoms with Crippen LogP contribution < -0.4 is 0 Å². The molecule has 0 saturated carbocycles. The topological polar surface area (TPSA) is 18.5 Å². The van der Waals surface area contributed by atoms with Crippen molar-refractivity contribution in [1.82, 2.24) is 0 Å². The third kappa shape index (κ3) is 4.62. The molecule has 0 spiro atoms. The second-order valence-electron chi connectivity index (χ2n) is 4.19. The van der Waals surface area contributed by atoms with Crippen molar-refractivity contribution in [2.75, 3.05) is 13.2 Å². The van der Waals surface area contributed by atoms with Crippen LogP contribution in [-0.2, 0) is 14.9 Å². The first-order valence-electron chi connectivity index (χ1n) is 6.58. The summed E-state index contributed by atoms with van der Waals surface area (Å²) in [6, 6.07) is 12.6. The molecule has 96 valence electrons. The lowest BCUT2D eigenvalue weighted by Gasteiger charge is -2.30. The van der Waals surface area contributed by atoms with Gasteiger partial charge in [0.15, 0.2) is 0 Å². The van der Waals surface area contributed by atoms with Crippen LogP contribution in [0.15, 0.2) is 30.3 Å². The van der Waals surface area contributed by atoms with Crippen LogP contribution in [0.25, 0.3) is 0 Å². The van der Waals surface area contributed by atoms with Crippen LogP contribution in [0.2, 0.25) is 6.04 Å². The Labute approximate surface area is 106 Å². The molecule has 0 atom stereocenters. The van der Waals surface area contributed by atoms with Gasteiger partial charge in [0, 0.05) is 19.3 Å². The Morgan fingerprint density at radius 3 is 2.00 bits per heavy atom. The minimum absolute atomic E-state index is 0.749. The van der Waals surface area contributed by atoms with Crippen LogP contribution >= 0.6 is 0 Å². The summed E-state index contributed by atoms with van der Waals surface area (Å²) in [6.07, 6.45) is 1.12. The SMILES string of the molecule is CCC[Si](Cc1ccccc1)(OCC)OCC. The number of hydrogen-bond donors (Lipinski definition) is 0. The fourth-order valence-corrected chi connectivity index (χ4v) is 5.61. The highest BCUT2D eigenvalue weighted by molar-refractivity contribution is 6.66. The van der Waals surface area contributed by atoms with Crippen LogP contribution in [-0.4, -0.2) is 21.8 Å². The van der Waals surface area contributed by atoms with Crippen molar-refractivity contribution in [1.29, 1.82) is 0 Å². The van der Waals surface area contributed by atoms with Crippen molar-refractivity contribution in [2.24, 2.45) is 0 Å². The van der Waals surface area contributed by atoms with Gasteiger partial charge in [0.1, 0.15) is 0 Å². The number of hydrogen-bond acceptors (Lipinski definition) is 2. The van der Waals surface area contributed by atoms with Crippen molar-refractivity contribution in [3.63, 3.8) is 0 Å². The Kier molecular flexibility index (Phi) is 6.48. The van der Waals surface area contributed by atoms with Gasteiger partial charge in [0.25, 0.3) is 0 Å². The second-order valence-corrected chi connectivity index (χ2v) is 7.44. The summed E-state index contributed by atoms with van der Waals surface area (Å²) in [5.74, 6) is 0. The largest absolute Gasteiger partial charge is 0.394 e. The van der Waals surface area contributed by atoms with Crippen LogP contribution in [0.1, 0.15) is 32.8 Å². The second kappa shape index (κ2) is 7.64. The smallest absolute Gasteiger partial charge is 0.342 e. The number of benzene rings is 1. The molecular weight excluding hydrogens is 228 g/mol. The molecule has 2 nitrogen and oxygen atoms in total. The number of rotatable bonds is 8. The fourth-order valence-electron chi connectivity index (χ4n) is 2.19. The zero-order valence-corrected chi connectivity index (χ0v) is 12.2. The molecule has 17 heavy (non-hydrogen) atoms. The van der Waals surface area contributed by atoms with E-state index in [0.29, 0.717) is 0 Å². The van der Waals surface area contributed by atoms with Crippen molar-refractivity contribution in [2.45, 2.75) is 39.3 Å². The van der Waals surface area contributed by atoms with E-state index in [1.807, 2.05) is 6.07 Å². The lowest BCUT2D eigenvalue weighted by Crippen LogP contribution is -2.45. The first kappa shape index (κ1) is 14.4. The average molecular weight is 252 g/mol. The van der Waals surface area contributed by atoms with Gasteiger partial charge in [-0.25, -0.2) is 0 Å². The zero-order valence-electron chi connectivity index (χ0n) is 11.2. The molecule has 0 saturated heterocycles. The van der Waals surface area contributed by atoms with Gasteiger partial charge in [-0.15, -0.1) is 0 Å². The monoisotopic (exact) mass is 252 g/mol. The van der Waals surface area contributed by atoms with Gasteiger partial charge in [-0.05, 0) is 25.5 Å². The lowest BCUT2D eigenvalue weighted by molar-refractivity contribution is 0.181. The minimum atomic E-state index is -2.04. The molecule has 0 unspecified atom stereocenters. The Hall–Kier alpha value is -0.643. The van der Waals surface area contributed by atoms with Crippen LogP contribution in [0.5, 0.6) is 0 Å². The van der Waals surface area contributed by atoms with Crippen LogP contribution in [0.3, 0.4) is 0 Å². The maximum atomic E-state index is 6.03. The van der Waals surface area contributed by atoms with E-state index < -0.39 is 8.56 Å². The molecule has 0 aliphatic heterocycles. The van der Waals surface area contributed by atoms with Gasteiger partial charge in [-0.3, -0.25) is 0 Å². The van der Waals surface area contributed by atoms with Crippen molar-refractivity contribution in [3.05, 3.63) is 35.9 Å². The third-order valence-corrected chi connectivity index (χ3v) is 6.60. The van der Waals surface area contributed by atoms with E-state index in [0.717, 1.165) is 31.7 Å². The average Bonchev–Trinajstić information content (AvgIpc) is 2.31. The summed E-state index contributed by atoms with van der Waals surface area (Å²) in [5.41, 5.74) is 1.33. The van der Waals surface area contributed by atoms with Crippen LogP contribution in [0, 0.1) is 0 Å². The highest BCUT2D eigenvalue weighted by Gasteiger charge is 2.36. The molecule has 0 aliphatic rings. The molecule has 1 aromatic carbocycles. The summed E-state index contributed by atoms with van der Waals surface area (Å²) in [7, 11) is -2.04. The Bertz CT molecular complexity index is 283. The molecule has 3 heteroatoms. The van der Waals surface area contributed by atoms with E-state index in [9.17, 15) is 0 Å².